The first-order chi connectivity index (χ1) is 12.0. The molecule has 0 radical (unpaired) electrons. The second kappa shape index (κ2) is 7.60. The first kappa shape index (κ1) is 18.0. The zero-order valence-electron chi connectivity index (χ0n) is 14.8. The van der Waals surface area contributed by atoms with Crippen LogP contribution >= 0.6 is 11.8 Å². The molecule has 0 spiro atoms. The number of carbonyl (C=O) groups excluding carboxylic acids is 1. The molecule has 1 heterocycles. The summed E-state index contributed by atoms with van der Waals surface area (Å²) in [6.07, 6.45) is -1.07. The molecule has 2 atom stereocenters. The van der Waals surface area contributed by atoms with Gasteiger partial charge in [-0.05, 0) is 44.2 Å². The maximum atomic E-state index is 13.0. The molecule has 4 nitrogen and oxygen atoms in total. The molecule has 1 aliphatic rings. The van der Waals surface area contributed by atoms with Gasteiger partial charge in [0.05, 0.1) is 10.9 Å². The minimum absolute atomic E-state index is 0.240. The van der Waals surface area contributed by atoms with E-state index in [9.17, 15) is 9.90 Å². The van der Waals surface area contributed by atoms with Crippen molar-refractivity contribution in [2.45, 2.75) is 30.1 Å². The zero-order valence-corrected chi connectivity index (χ0v) is 15.6. The molecule has 0 saturated carbocycles. The molecule has 25 heavy (non-hydrogen) atoms. The summed E-state index contributed by atoms with van der Waals surface area (Å²) in [6.45, 7) is 5.28. The van der Waals surface area contributed by atoms with Gasteiger partial charge in [0.25, 0.3) is 5.91 Å². The van der Waals surface area contributed by atoms with Crippen LogP contribution in [0.15, 0.2) is 47.4 Å². The van der Waals surface area contributed by atoms with Crippen molar-refractivity contribution in [3.63, 3.8) is 0 Å². The number of amides is 1. The second-order valence-corrected chi connectivity index (χ2v) is 7.64. The quantitative estimate of drug-likeness (QED) is 0.884. The number of carbonyl (C=O) groups is 1. The number of hydrogen-bond donors (Lipinski definition) is 2. The molecular weight excluding hydrogens is 332 g/mol. The number of aliphatic hydroxyl groups is 1. The SMILES string of the molecule is CNCCN1C(=O)[C@@H](O)[C@@H](c2ccc(C)cc2)Sc2cc(C)ccc21. The van der Waals surface area contributed by atoms with E-state index in [1.807, 2.05) is 57.3 Å². The first-order valence-corrected chi connectivity index (χ1v) is 9.37. The van der Waals surface area contributed by atoms with Gasteiger partial charge in [-0.1, -0.05) is 35.9 Å². The smallest absolute Gasteiger partial charge is 0.257 e. The summed E-state index contributed by atoms with van der Waals surface area (Å²) < 4.78 is 0. The van der Waals surface area contributed by atoms with Crippen LogP contribution in [0.4, 0.5) is 5.69 Å². The summed E-state index contributed by atoms with van der Waals surface area (Å²) in [6, 6.07) is 14.1. The third-order valence-corrected chi connectivity index (χ3v) is 5.82. The van der Waals surface area contributed by atoms with Crippen LogP contribution in [0.5, 0.6) is 0 Å². The highest BCUT2D eigenvalue weighted by Gasteiger charge is 2.37. The fourth-order valence-corrected chi connectivity index (χ4v) is 4.37. The highest BCUT2D eigenvalue weighted by Crippen LogP contribution is 2.46. The average molecular weight is 356 g/mol. The Bertz CT molecular complexity index is 761. The number of thioether (sulfide) groups is 1. The van der Waals surface area contributed by atoms with Crippen molar-refractivity contribution in [1.29, 1.82) is 0 Å². The molecule has 5 heteroatoms. The van der Waals surface area contributed by atoms with Gasteiger partial charge in [0.1, 0.15) is 6.10 Å². The van der Waals surface area contributed by atoms with Crippen molar-refractivity contribution in [1.82, 2.24) is 5.32 Å². The van der Waals surface area contributed by atoms with Gasteiger partial charge in [0, 0.05) is 18.0 Å². The molecular formula is C20H24N2O2S. The molecule has 1 amide bonds. The number of fused-ring (bicyclic) bond motifs is 1. The van der Waals surface area contributed by atoms with Gasteiger partial charge in [-0.15, -0.1) is 11.8 Å². The third-order valence-electron chi connectivity index (χ3n) is 4.46. The van der Waals surface area contributed by atoms with E-state index in [4.69, 9.17) is 0 Å². The highest BCUT2D eigenvalue weighted by molar-refractivity contribution is 7.99. The maximum absolute atomic E-state index is 13.0. The van der Waals surface area contributed by atoms with Crippen LogP contribution in [0.3, 0.4) is 0 Å². The average Bonchev–Trinajstić information content (AvgIpc) is 2.70. The van der Waals surface area contributed by atoms with Gasteiger partial charge in [-0.2, -0.15) is 0 Å². The van der Waals surface area contributed by atoms with Crippen LogP contribution in [0.1, 0.15) is 21.9 Å². The molecule has 0 aromatic heterocycles. The number of aliphatic hydroxyl groups excluding tert-OH is 1. The van der Waals surface area contributed by atoms with Crippen molar-refractivity contribution in [3.8, 4) is 0 Å². The summed E-state index contributed by atoms with van der Waals surface area (Å²) in [5.41, 5.74) is 4.16. The van der Waals surface area contributed by atoms with E-state index in [1.165, 1.54) is 0 Å². The van der Waals surface area contributed by atoms with E-state index < -0.39 is 6.10 Å². The van der Waals surface area contributed by atoms with Gasteiger partial charge < -0.3 is 15.3 Å². The van der Waals surface area contributed by atoms with E-state index in [1.54, 1.807) is 16.7 Å². The predicted octanol–water partition coefficient (Wildman–Crippen LogP) is 3.06. The van der Waals surface area contributed by atoms with E-state index >= 15 is 0 Å². The number of nitrogens with zero attached hydrogens (tertiary/aromatic N) is 1. The van der Waals surface area contributed by atoms with Crippen molar-refractivity contribution < 1.29 is 9.90 Å². The Kier molecular flexibility index (Phi) is 5.47. The van der Waals surface area contributed by atoms with Crippen LogP contribution in [-0.4, -0.2) is 37.3 Å². The number of likely N-dealkylation sites (N-methyl/N-ethyl adjacent to an activating group) is 1. The van der Waals surface area contributed by atoms with Crippen LogP contribution in [0.25, 0.3) is 0 Å². The molecule has 1 aliphatic heterocycles. The number of benzene rings is 2. The number of anilines is 1. The lowest BCUT2D eigenvalue weighted by Gasteiger charge is -2.25. The Morgan fingerprint density at radius 2 is 1.80 bits per heavy atom. The molecule has 2 N–H and O–H groups in total. The molecule has 132 valence electrons. The normalized spacial score (nSPS) is 20.3. The number of rotatable bonds is 4. The van der Waals surface area contributed by atoms with E-state index in [0.29, 0.717) is 13.1 Å². The summed E-state index contributed by atoms with van der Waals surface area (Å²) >= 11 is 1.57. The minimum atomic E-state index is -1.07. The van der Waals surface area contributed by atoms with Crippen molar-refractivity contribution in [3.05, 3.63) is 59.2 Å². The number of hydrogen-bond acceptors (Lipinski definition) is 4. The standard InChI is InChI=1S/C20H24N2O2S/c1-13-4-7-15(8-5-13)19-18(23)20(24)22(11-10-21-3)16-9-6-14(2)12-17(16)25-19/h4-9,12,18-19,21,23H,10-11H2,1-3H3/t18-,19+/m0/s1. The summed E-state index contributed by atoms with van der Waals surface area (Å²) in [5, 5.41) is 13.6. The third kappa shape index (κ3) is 3.73. The summed E-state index contributed by atoms with van der Waals surface area (Å²) in [4.78, 5) is 15.7. The Labute approximate surface area is 153 Å². The topological polar surface area (TPSA) is 52.6 Å². The molecule has 0 fully saturated rings. The lowest BCUT2D eigenvalue weighted by molar-refractivity contribution is -0.126. The maximum Gasteiger partial charge on any atom is 0.257 e. The second-order valence-electron chi connectivity index (χ2n) is 6.46. The van der Waals surface area contributed by atoms with Crippen LogP contribution < -0.4 is 10.2 Å². The zero-order chi connectivity index (χ0) is 18.0. The van der Waals surface area contributed by atoms with Crippen molar-refractivity contribution in [2.24, 2.45) is 0 Å². The van der Waals surface area contributed by atoms with Gasteiger partial charge in [-0.3, -0.25) is 4.79 Å². The Balaban J connectivity index is 2.05. The van der Waals surface area contributed by atoms with Crippen molar-refractivity contribution in [2.75, 3.05) is 25.0 Å². The largest absolute Gasteiger partial charge is 0.382 e. The van der Waals surface area contributed by atoms with Crippen molar-refractivity contribution >= 4 is 23.4 Å². The first-order valence-electron chi connectivity index (χ1n) is 8.49. The molecule has 0 bridgehead atoms. The molecule has 3 rings (SSSR count). The fraction of sp³-hybridized carbons (Fsp3) is 0.350. The van der Waals surface area contributed by atoms with E-state index in [-0.39, 0.29) is 11.2 Å². The number of aryl methyl sites for hydroxylation is 2. The van der Waals surface area contributed by atoms with Crippen LogP contribution in [-0.2, 0) is 4.79 Å². The Morgan fingerprint density at radius 3 is 2.48 bits per heavy atom. The van der Waals surface area contributed by atoms with E-state index in [2.05, 4.69) is 11.4 Å². The minimum Gasteiger partial charge on any atom is -0.382 e. The predicted molar refractivity (Wildman–Crippen MR) is 103 cm³/mol. The van der Waals surface area contributed by atoms with Crippen LogP contribution in [0, 0.1) is 13.8 Å². The van der Waals surface area contributed by atoms with E-state index in [0.717, 1.165) is 27.3 Å². The monoisotopic (exact) mass is 356 g/mol. The molecule has 0 unspecified atom stereocenters. The van der Waals surface area contributed by atoms with Gasteiger partial charge in [0.2, 0.25) is 0 Å². The van der Waals surface area contributed by atoms with Gasteiger partial charge >= 0.3 is 0 Å². The van der Waals surface area contributed by atoms with Gasteiger partial charge in [-0.25, -0.2) is 0 Å². The highest BCUT2D eigenvalue weighted by atomic mass is 32.2. The lowest BCUT2D eigenvalue weighted by atomic mass is 10.0. The lowest BCUT2D eigenvalue weighted by Crippen LogP contribution is -2.43. The molecule has 0 aliphatic carbocycles. The Morgan fingerprint density at radius 1 is 1.12 bits per heavy atom. The molecule has 2 aromatic rings. The molecule has 2 aromatic carbocycles. The molecule has 0 saturated heterocycles. The Hall–Kier alpha value is -1.82. The summed E-state index contributed by atoms with van der Waals surface area (Å²) in [7, 11) is 1.86. The van der Waals surface area contributed by atoms with Gasteiger partial charge in [0.15, 0.2) is 0 Å². The van der Waals surface area contributed by atoms with Crippen LogP contribution in [0.2, 0.25) is 0 Å². The fourth-order valence-electron chi connectivity index (χ4n) is 3.01. The number of nitrogens with one attached hydrogen (secondary N) is 1. The summed E-state index contributed by atoms with van der Waals surface area (Å²) in [5.74, 6) is -0.240.